The zero-order chi connectivity index (χ0) is 16.1. The summed E-state index contributed by atoms with van der Waals surface area (Å²) in [4.78, 5) is 0. The van der Waals surface area contributed by atoms with Gasteiger partial charge in [0.25, 0.3) is 0 Å². The largest absolute Gasteiger partial charge is 0.391 e. The van der Waals surface area contributed by atoms with Crippen LogP contribution in [0.5, 0.6) is 0 Å². The second-order valence-corrected chi connectivity index (χ2v) is 9.71. The lowest BCUT2D eigenvalue weighted by Gasteiger charge is -2.28. The summed E-state index contributed by atoms with van der Waals surface area (Å²) < 4.78 is 12.2. The molecular weight excluding hydrogens is 276 g/mol. The van der Waals surface area contributed by atoms with Gasteiger partial charge in [-0.3, -0.25) is 0 Å². The van der Waals surface area contributed by atoms with Gasteiger partial charge in [0.15, 0.2) is 0 Å². The van der Waals surface area contributed by atoms with Gasteiger partial charge >= 0.3 is 8.56 Å². The lowest BCUT2D eigenvalue weighted by Crippen LogP contribution is -2.40. The summed E-state index contributed by atoms with van der Waals surface area (Å²) in [5.41, 5.74) is 1.92. The molecule has 0 heterocycles. The van der Waals surface area contributed by atoms with Gasteiger partial charge in [0.1, 0.15) is 0 Å². The van der Waals surface area contributed by atoms with E-state index < -0.39 is 8.56 Å². The number of rotatable bonds is 14. The van der Waals surface area contributed by atoms with Crippen molar-refractivity contribution in [3.63, 3.8) is 0 Å². The van der Waals surface area contributed by atoms with Crippen LogP contribution in [-0.4, -0.2) is 21.3 Å². The summed E-state index contributed by atoms with van der Waals surface area (Å²) in [6.45, 7) is 15.7. The summed E-state index contributed by atoms with van der Waals surface area (Å²) >= 11 is 0. The van der Waals surface area contributed by atoms with Crippen molar-refractivity contribution in [1.82, 2.24) is 0 Å². The highest BCUT2D eigenvalue weighted by atomic mass is 28.4. The van der Waals surface area contributed by atoms with Gasteiger partial charge in [-0.1, -0.05) is 59.3 Å². The van der Waals surface area contributed by atoms with Crippen LogP contribution in [0.15, 0.2) is 12.3 Å². The average Bonchev–Trinajstić information content (AvgIpc) is 2.40. The number of hydrogen-bond acceptors (Lipinski definition) is 2. The molecule has 0 bridgehead atoms. The SMILES string of the molecule is C=C[Si](C)(OCCCCCCCCC)OC(C)CC(C)C. The van der Waals surface area contributed by atoms with E-state index in [4.69, 9.17) is 8.85 Å². The van der Waals surface area contributed by atoms with Crippen LogP contribution in [0, 0.1) is 5.92 Å². The molecule has 0 amide bonds. The van der Waals surface area contributed by atoms with E-state index in [0.29, 0.717) is 5.92 Å². The molecule has 0 radical (unpaired) electrons. The van der Waals surface area contributed by atoms with E-state index in [2.05, 4.69) is 40.8 Å². The predicted octanol–water partition coefficient (Wildman–Crippen LogP) is 6.00. The normalized spacial score (nSPS) is 15.9. The first-order chi connectivity index (χ1) is 9.93. The van der Waals surface area contributed by atoms with Crippen molar-refractivity contribution in [2.24, 2.45) is 5.92 Å². The van der Waals surface area contributed by atoms with E-state index >= 15 is 0 Å². The molecule has 2 nitrogen and oxygen atoms in total. The molecule has 2 atom stereocenters. The van der Waals surface area contributed by atoms with Crippen LogP contribution in [-0.2, 0) is 8.85 Å². The van der Waals surface area contributed by atoms with Crippen LogP contribution in [0.1, 0.15) is 79.1 Å². The molecule has 21 heavy (non-hydrogen) atoms. The second-order valence-electron chi connectivity index (χ2n) is 6.75. The summed E-state index contributed by atoms with van der Waals surface area (Å²) in [5.74, 6) is 0.659. The summed E-state index contributed by atoms with van der Waals surface area (Å²) in [6, 6.07) is 0. The minimum absolute atomic E-state index is 0.258. The van der Waals surface area contributed by atoms with Gasteiger partial charge < -0.3 is 8.85 Å². The van der Waals surface area contributed by atoms with E-state index in [9.17, 15) is 0 Å². The maximum atomic E-state index is 6.16. The first kappa shape index (κ1) is 20.9. The fourth-order valence-corrected chi connectivity index (χ4v) is 4.31. The highest BCUT2D eigenvalue weighted by molar-refractivity contribution is 6.71. The van der Waals surface area contributed by atoms with Crippen LogP contribution in [0.2, 0.25) is 6.55 Å². The molecular formula is C18H38O2Si. The molecule has 0 rings (SSSR count). The Hall–Kier alpha value is -0.123. The molecule has 0 aliphatic heterocycles. The van der Waals surface area contributed by atoms with Crippen molar-refractivity contribution < 1.29 is 8.85 Å². The van der Waals surface area contributed by atoms with E-state index in [1.54, 1.807) is 0 Å². The summed E-state index contributed by atoms with van der Waals surface area (Å²) in [5, 5.41) is 0. The van der Waals surface area contributed by atoms with E-state index in [1.165, 1.54) is 38.5 Å². The monoisotopic (exact) mass is 314 g/mol. The van der Waals surface area contributed by atoms with Crippen LogP contribution in [0.25, 0.3) is 0 Å². The molecule has 0 aromatic heterocycles. The van der Waals surface area contributed by atoms with Crippen molar-refractivity contribution in [1.29, 1.82) is 0 Å². The Morgan fingerprint density at radius 2 is 1.57 bits per heavy atom. The molecule has 0 saturated heterocycles. The molecule has 0 aromatic rings. The summed E-state index contributed by atoms with van der Waals surface area (Å²) in [6.07, 6.45) is 10.5. The molecule has 0 aliphatic rings. The number of hydrogen-bond donors (Lipinski definition) is 0. The zero-order valence-corrected chi connectivity index (χ0v) is 16.1. The van der Waals surface area contributed by atoms with Gasteiger partial charge in [-0.05, 0) is 37.9 Å². The highest BCUT2D eigenvalue weighted by Crippen LogP contribution is 2.17. The lowest BCUT2D eigenvalue weighted by molar-refractivity contribution is 0.119. The zero-order valence-electron chi connectivity index (χ0n) is 15.1. The molecule has 0 saturated carbocycles. The maximum Gasteiger partial charge on any atom is 0.361 e. The van der Waals surface area contributed by atoms with Gasteiger partial charge in [-0.2, -0.15) is 0 Å². The Labute approximate surface area is 134 Å². The van der Waals surface area contributed by atoms with Crippen molar-refractivity contribution in [2.75, 3.05) is 6.61 Å². The quantitative estimate of drug-likeness (QED) is 0.289. The van der Waals surface area contributed by atoms with E-state index in [0.717, 1.165) is 19.4 Å². The van der Waals surface area contributed by atoms with Crippen LogP contribution in [0.4, 0.5) is 0 Å². The Morgan fingerprint density at radius 3 is 2.10 bits per heavy atom. The van der Waals surface area contributed by atoms with Crippen LogP contribution < -0.4 is 0 Å². The second kappa shape index (κ2) is 12.4. The van der Waals surface area contributed by atoms with E-state index in [-0.39, 0.29) is 6.10 Å². The third kappa shape index (κ3) is 12.1. The van der Waals surface area contributed by atoms with Crippen LogP contribution in [0.3, 0.4) is 0 Å². The van der Waals surface area contributed by atoms with Crippen molar-refractivity contribution in [3.8, 4) is 0 Å². The van der Waals surface area contributed by atoms with Gasteiger partial charge in [0, 0.05) is 12.7 Å². The Morgan fingerprint density at radius 1 is 1.00 bits per heavy atom. The van der Waals surface area contributed by atoms with Crippen molar-refractivity contribution in [3.05, 3.63) is 12.3 Å². The minimum atomic E-state index is -2.17. The van der Waals surface area contributed by atoms with Gasteiger partial charge in [-0.25, -0.2) is 0 Å². The van der Waals surface area contributed by atoms with Gasteiger partial charge in [-0.15, -0.1) is 6.58 Å². The molecule has 0 N–H and O–H groups in total. The van der Waals surface area contributed by atoms with Gasteiger partial charge in [0.2, 0.25) is 0 Å². The average molecular weight is 315 g/mol. The third-order valence-corrected chi connectivity index (χ3v) is 6.14. The molecule has 2 unspecified atom stereocenters. The first-order valence-electron chi connectivity index (χ1n) is 8.89. The Bertz CT molecular complexity index is 256. The van der Waals surface area contributed by atoms with E-state index in [1.807, 2.05) is 5.70 Å². The van der Waals surface area contributed by atoms with Crippen LogP contribution >= 0.6 is 0 Å². The first-order valence-corrected chi connectivity index (χ1v) is 11.3. The fourth-order valence-electron chi connectivity index (χ4n) is 2.59. The van der Waals surface area contributed by atoms with Crippen molar-refractivity contribution >= 4 is 8.56 Å². The maximum absolute atomic E-state index is 6.16. The Balaban J connectivity index is 3.79. The topological polar surface area (TPSA) is 18.5 Å². The molecule has 3 heteroatoms. The fraction of sp³-hybridized carbons (Fsp3) is 0.889. The number of unbranched alkanes of at least 4 members (excludes halogenated alkanes) is 6. The minimum Gasteiger partial charge on any atom is -0.391 e. The predicted molar refractivity (Wildman–Crippen MR) is 95.8 cm³/mol. The van der Waals surface area contributed by atoms with Crippen molar-refractivity contribution in [2.45, 2.75) is 91.7 Å². The molecule has 126 valence electrons. The standard InChI is InChI=1S/C18H38O2Si/c1-7-9-10-11-12-13-14-15-19-21(6,8-2)20-18(5)16-17(3)4/h8,17-18H,2,7,9-16H2,1,3-6H3. The smallest absolute Gasteiger partial charge is 0.361 e. The highest BCUT2D eigenvalue weighted by Gasteiger charge is 2.29. The molecule has 0 aliphatic carbocycles. The Kier molecular flexibility index (Phi) is 12.4. The third-order valence-electron chi connectivity index (χ3n) is 3.75. The lowest BCUT2D eigenvalue weighted by atomic mass is 10.1. The summed E-state index contributed by atoms with van der Waals surface area (Å²) in [7, 11) is -2.17. The molecule has 0 aromatic carbocycles. The molecule has 0 fully saturated rings. The molecule has 0 spiro atoms. The van der Waals surface area contributed by atoms with Gasteiger partial charge in [0.05, 0.1) is 0 Å².